The van der Waals surface area contributed by atoms with Gasteiger partial charge >= 0.3 is 0 Å². The van der Waals surface area contributed by atoms with Gasteiger partial charge in [-0.3, -0.25) is 4.79 Å². The summed E-state index contributed by atoms with van der Waals surface area (Å²) in [7, 11) is 3.17. The van der Waals surface area contributed by atoms with Crippen molar-refractivity contribution in [3.63, 3.8) is 0 Å². The Kier molecular flexibility index (Phi) is 5.97. The normalized spacial score (nSPS) is 10.4. The highest BCUT2D eigenvalue weighted by Gasteiger charge is 2.14. The number of aromatic nitrogens is 2. The van der Waals surface area contributed by atoms with Crippen LogP contribution in [0, 0.1) is 20.8 Å². The summed E-state index contributed by atoms with van der Waals surface area (Å²) in [4.78, 5) is 21.5. The second-order valence-electron chi connectivity index (χ2n) is 6.60. The molecule has 0 saturated carbocycles. The van der Waals surface area contributed by atoms with E-state index < -0.39 is 0 Å². The van der Waals surface area contributed by atoms with Crippen LogP contribution in [0.5, 0.6) is 11.5 Å². The first-order chi connectivity index (χ1) is 13.9. The predicted molar refractivity (Wildman–Crippen MR) is 113 cm³/mol. The SMILES string of the molecule is COc1ccc(Nc2cc(C(=O)Nc3c(C)cccc3C)nc(C)n2)c(OC)c1. The van der Waals surface area contributed by atoms with Crippen molar-refractivity contribution >= 4 is 23.1 Å². The van der Waals surface area contributed by atoms with Crippen molar-refractivity contribution in [2.75, 3.05) is 24.9 Å². The summed E-state index contributed by atoms with van der Waals surface area (Å²) in [5.41, 5.74) is 3.75. The number of nitrogens with one attached hydrogen (secondary N) is 2. The van der Waals surface area contributed by atoms with Crippen LogP contribution >= 0.6 is 0 Å². The van der Waals surface area contributed by atoms with Gasteiger partial charge in [-0.05, 0) is 44.0 Å². The van der Waals surface area contributed by atoms with E-state index in [1.807, 2.05) is 44.2 Å². The first-order valence-electron chi connectivity index (χ1n) is 9.13. The fraction of sp³-hybridized carbons (Fsp3) is 0.227. The van der Waals surface area contributed by atoms with Crippen LogP contribution in [0.3, 0.4) is 0 Å². The van der Waals surface area contributed by atoms with Gasteiger partial charge in [0.1, 0.15) is 28.8 Å². The van der Waals surface area contributed by atoms with E-state index in [1.54, 1.807) is 33.3 Å². The van der Waals surface area contributed by atoms with Crippen molar-refractivity contribution in [3.8, 4) is 11.5 Å². The minimum atomic E-state index is -0.294. The molecule has 7 heteroatoms. The third-order valence-corrected chi connectivity index (χ3v) is 4.46. The highest BCUT2D eigenvalue weighted by Crippen LogP contribution is 2.31. The van der Waals surface area contributed by atoms with Crippen molar-refractivity contribution in [1.82, 2.24) is 9.97 Å². The summed E-state index contributed by atoms with van der Waals surface area (Å²) in [6.45, 7) is 5.65. The van der Waals surface area contributed by atoms with E-state index in [0.29, 0.717) is 28.8 Å². The standard InChI is InChI=1S/C22H24N4O3/c1-13-7-6-8-14(2)21(13)26-22(27)18-12-20(24-15(3)23-18)25-17-10-9-16(28-4)11-19(17)29-5/h6-12H,1-5H3,(H,26,27)(H,23,24,25). The number of benzene rings is 2. The highest BCUT2D eigenvalue weighted by molar-refractivity contribution is 6.04. The van der Waals surface area contributed by atoms with Gasteiger partial charge in [-0.1, -0.05) is 18.2 Å². The van der Waals surface area contributed by atoms with E-state index in [9.17, 15) is 4.79 Å². The van der Waals surface area contributed by atoms with Gasteiger partial charge in [-0.2, -0.15) is 0 Å². The lowest BCUT2D eigenvalue weighted by Gasteiger charge is -2.14. The molecule has 0 bridgehead atoms. The molecule has 0 aliphatic rings. The quantitative estimate of drug-likeness (QED) is 0.646. The minimum Gasteiger partial charge on any atom is -0.497 e. The third-order valence-electron chi connectivity index (χ3n) is 4.46. The average molecular weight is 392 g/mol. The number of hydrogen-bond donors (Lipinski definition) is 2. The molecule has 29 heavy (non-hydrogen) atoms. The van der Waals surface area contributed by atoms with E-state index in [4.69, 9.17) is 9.47 Å². The van der Waals surface area contributed by atoms with Gasteiger partial charge in [-0.15, -0.1) is 0 Å². The van der Waals surface area contributed by atoms with E-state index >= 15 is 0 Å². The Balaban J connectivity index is 1.88. The molecule has 2 aromatic carbocycles. The Morgan fingerprint density at radius 2 is 1.66 bits per heavy atom. The average Bonchev–Trinajstić information content (AvgIpc) is 2.70. The minimum absolute atomic E-state index is 0.273. The van der Waals surface area contributed by atoms with Gasteiger partial charge in [0, 0.05) is 17.8 Å². The summed E-state index contributed by atoms with van der Waals surface area (Å²) in [6, 6.07) is 12.9. The second-order valence-corrected chi connectivity index (χ2v) is 6.60. The van der Waals surface area contributed by atoms with Crippen molar-refractivity contribution in [1.29, 1.82) is 0 Å². The lowest BCUT2D eigenvalue weighted by atomic mass is 10.1. The number of rotatable bonds is 6. The molecule has 2 N–H and O–H groups in total. The lowest BCUT2D eigenvalue weighted by Crippen LogP contribution is -2.16. The molecule has 0 unspecified atom stereocenters. The fourth-order valence-corrected chi connectivity index (χ4v) is 2.98. The number of aryl methyl sites for hydroxylation is 3. The Bertz CT molecular complexity index is 1030. The van der Waals surface area contributed by atoms with Crippen LogP contribution in [0.25, 0.3) is 0 Å². The van der Waals surface area contributed by atoms with Crippen molar-refractivity contribution in [2.45, 2.75) is 20.8 Å². The molecule has 150 valence electrons. The molecule has 1 aromatic heterocycles. The monoisotopic (exact) mass is 392 g/mol. The Labute approximate surface area is 170 Å². The van der Waals surface area contributed by atoms with Crippen molar-refractivity contribution in [3.05, 3.63) is 65.1 Å². The number of carbonyl (C=O) groups is 1. The first-order valence-corrected chi connectivity index (χ1v) is 9.13. The van der Waals surface area contributed by atoms with E-state index in [1.165, 1.54) is 0 Å². The molecule has 0 atom stereocenters. The topological polar surface area (TPSA) is 85.4 Å². The summed E-state index contributed by atoms with van der Waals surface area (Å²) in [5.74, 6) is 1.96. The van der Waals surface area contributed by atoms with Gasteiger partial charge in [0.25, 0.3) is 5.91 Å². The zero-order valence-electron chi connectivity index (χ0n) is 17.2. The summed E-state index contributed by atoms with van der Waals surface area (Å²) < 4.78 is 10.6. The summed E-state index contributed by atoms with van der Waals surface area (Å²) in [5, 5.41) is 6.14. The summed E-state index contributed by atoms with van der Waals surface area (Å²) in [6.07, 6.45) is 0. The molecule has 7 nitrogen and oxygen atoms in total. The Morgan fingerprint density at radius 1 is 0.931 bits per heavy atom. The fourth-order valence-electron chi connectivity index (χ4n) is 2.98. The van der Waals surface area contributed by atoms with Gasteiger partial charge in [0.05, 0.1) is 19.9 Å². The highest BCUT2D eigenvalue weighted by atomic mass is 16.5. The molecule has 0 aliphatic carbocycles. The maximum atomic E-state index is 12.8. The molecule has 0 fully saturated rings. The second kappa shape index (κ2) is 8.60. The number of anilines is 3. The molecule has 0 spiro atoms. The van der Waals surface area contributed by atoms with Crippen LogP contribution in [-0.2, 0) is 0 Å². The van der Waals surface area contributed by atoms with Crippen molar-refractivity contribution in [2.24, 2.45) is 0 Å². The van der Waals surface area contributed by atoms with E-state index in [0.717, 1.165) is 16.8 Å². The molecular formula is C22H24N4O3. The van der Waals surface area contributed by atoms with Gasteiger partial charge in [0.2, 0.25) is 0 Å². The third kappa shape index (κ3) is 4.63. The molecule has 3 rings (SSSR count). The predicted octanol–water partition coefficient (Wildman–Crippen LogP) is 4.41. The number of nitrogens with zero attached hydrogens (tertiary/aromatic N) is 2. The van der Waals surface area contributed by atoms with Crippen LogP contribution in [0.2, 0.25) is 0 Å². The van der Waals surface area contributed by atoms with Crippen molar-refractivity contribution < 1.29 is 14.3 Å². The lowest BCUT2D eigenvalue weighted by molar-refractivity contribution is 0.102. The molecule has 3 aromatic rings. The zero-order chi connectivity index (χ0) is 21.0. The smallest absolute Gasteiger partial charge is 0.274 e. The molecule has 1 heterocycles. The summed E-state index contributed by atoms with van der Waals surface area (Å²) >= 11 is 0. The van der Waals surface area contributed by atoms with Gasteiger partial charge in [-0.25, -0.2) is 9.97 Å². The molecule has 0 saturated heterocycles. The Hall–Kier alpha value is -3.61. The molecule has 1 amide bonds. The van der Waals surface area contributed by atoms with Gasteiger partial charge < -0.3 is 20.1 Å². The van der Waals surface area contributed by atoms with E-state index in [2.05, 4.69) is 20.6 Å². The van der Waals surface area contributed by atoms with E-state index in [-0.39, 0.29) is 11.6 Å². The molecule has 0 radical (unpaired) electrons. The number of para-hydroxylation sites is 1. The van der Waals surface area contributed by atoms with Crippen LogP contribution in [-0.4, -0.2) is 30.1 Å². The first kappa shape index (κ1) is 20.1. The van der Waals surface area contributed by atoms with Crippen LogP contribution in [0.15, 0.2) is 42.5 Å². The van der Waals surface area contributed by atoms with Gasteiger partial charge in [0.15, 0.2) is 0 Å². The number of hydrogen-bond acceptors (Lipinski definition) is 6. The Morgan fingerprint density at radius 3 is 2.31 bits per heavy atom. The number of amides is 1. The molecular weight excluding hydrogens is 368 g/mol. The van der Waals surface area contributed by atoms with Crippen LogP contribution < -0.4 is 20.1 Å². The molecule has 0 aliphatic heterocycles. The maximum absolute atomic E-state index is 12.8. The van der Waals surface area contributed by atoms with Crippen LogP contribution in [0.1, 0.15) is 27.4 Å². The largest absolute Gasteiger partial charge is 0.497 e. The number of ether oxygens (including phenoxy) is 2. The maximum Gasteiger partial charge on any atom is 0.274 e. The number of methoxy groups -OCH3 is 2. The number of carbonyl (C=O) groups excluding carboxylic acids is 1. The van der Waals surface area contributed by atoms with Crippen LogP contribution in [0.4, 0.5) is 17.2 Å². The zero-order valence-corrected chi connectivity index (χ0v) is 17.2.